The molecule has 1 aromatic heterocycles. The van der Waals surface area contributed by atoms with Crippen molar-refractivity contribution in [3.05, 3.63) is 60.2 Å². The minimum absolute atomic E-state index is 0. The Kier molecular flexibility index (Phi) is 6.19. The minimum Gasteiger partial charge on any atom is -0.340 e. The number of aromatic nitrogens is 1. The summed E-state index contributed by atoms with van der Waals surface area (Å²) in [5, 5.41) is 0. The van der Waals surface area contributed by atoms with Crippen LogP contribution in [0.2, 0.25) is 0 Å². The van der Waals surface area contributed by atoms with Crippen molar-refractivity contribution >= 4 is 51.6 Å². The summed E-state index contributed by atoms with van der Waals surface area (Å²) in [6.07, 6.45) is 0. The number of likely N-dealkylation sites (tertiary alicyclic amines) is 1. The maximum absolute atomic E-state index is 12.6. The van der Waals surface area contributed by atoms with Crippen LogP contribution >= 0.6 is 35.5 Å². The van der Waals surface area contributed by atoms with Gasteiger partial charge in [0, 0.05) is 25.0 Å². The number of thioether (sulfide) groups is 1. The Morgan fingerprint density at radius 3 is 2.65 bits per heavy atom. The largest absolute Gasteiger partial charge is 0.340 e. The molecule has 0 saturated carbocycles. The fourth-order valence-corrected chi connectivity index (χ4v) is 5.18. The lowest BCUT2D eigenvalue weighted by molar-refractivity contribution is -0.127. The van der Waals surface area contributed by atoms with Crippen LogP contribution in [-0.2, 0) is 4.79 Å². The molecule has 1 amide bonds. The molecule has 4 nitrogen and oxygen atoms in total. The van der Waals surface area contributed by atoms with Gasteiger partial charge in [0.25, 0.3) is 0 Å². The Morgan fingerprint density at radius 2 is 1.88 bits per heavy atom. The van der Waals surface area contributed by atoms with Gasteiger partial charge in [-0.25, -0.2) is 4.98 Å². The third-order valence-electron chi connectivity index (χ3n) is 4.54. The number of benzene rings is 2. The number of amides is 1. The first-order chi connectivity index (χ1) is 12.2. The minimum atomic E-state index is -0.00111. The average molecular weight is 406 g/mol. The first-order valence-electron chi connectivity index (χ1n) is 8.27. The summed E-state index contributed by atoms with van der Waals surface area (Å²) in [5.41, 5.74) is 8.49. The van der Waals surface area contributed by atoms with Gasteiger partial charge in [-0.1, -0.05) is 54.2 Å². The molecule has 1 saturated heterocycles. The molecule has 0 spiro atoms. The summed E-state index contributed by atoms with van der Waals surface area (Å²) in [4.78, 5) is 19.0. The van der Waals surface area contributed by atoms with Crippen LogP contribution < -0.4 is 5.73 Å². The van der Waals surface area contributed by atoms with Gasteiger partial charge in [0.15, 0.2) is 4.34 Å². The van der Waals surface area contributed by atoms with Gasteiger partial charge in [-0.3, -0.25) is 4.79 Å². The van der Waals surface area contributed by atoms with Crippen LogP contribution in [0, 0.1) is 0 Å². The van der Waals surface area contributed by atoms with Crippen molar-refractivity contribution in [1.29, 1.82) is 0 Å². The Morgan fingerprint density at radius 1 is 1.15 bits per heavy atom. The van der Waals surface area contributed by atoms with Crippen molar-refractivity contribution in [1.82, 2.24) is 9.88 Å². The number of fused-ring (bicyclic) bond motifs is 1. The lowest BCUT2D eigenvalue weighted by Crippen LogP contribution is -2.33. The molecule has 136 valence electrons. The van der Waals surface area contributed by atoms with Gasteiger partial charge >= 0.3 is 0 Å². The maximum atomic E-state index is 12.6. The number of rotatable bonds is 4. The van der Waals surface area contributed by atoms with E-state index < -0.39 is 0 Å². The number of halogens is 1. The summed E-state index contributed by atoms with van der Waals surface area (Å²) in [6, 6.07) is 18.3. The number of hydrogen-bond acceptors (Lipinski definition) is 5. The molecule has 2 aromatic carbocycles. The molecule has 0 unspecified atom stereocenters. The van der Waals surface area contributed by atoms with E-state index in [1.165, 1.54) is 17.3 Å². The van der Waals surface area contributed by atoms with Crippen LogP contribution in [0.4, 0.5) is 0 Å². The van der Waals surface area contributed by atoms with Crippen molar-refractivity contribution in [2.24, 2.45) is 5.73 Å². The highest BCUT2D eigenvalue weighted by molar-refractivity contribution is 8.01. The second-order valence-electron chi connectivity index (χ2n) is 6.22. The van der Waals surface area contributed by atoms with Gasteiger partial charge in [-0.2, -0.15) is 0 Å². The smallest absolute Gasteiger partial charge is 0.233 e. The predicted octanol–water partition coefficient (Wildman–Crippen LogP) is 3.76. The number of para-hydroxylation sites is 1. The lowest BCUT2D eigenvalue weighted by atomic mass is 9.95. The average Bonchev–Trinajstić information content (AvgIpc) is 3.23. The fourth-order valence-electron chi connectivity index (χ4n) is 3.21. The molecule has 0 aliphatic carbocycles. The van der Waals surface area contributed by atoms with E-state index in [4.69, 9.17) is 5.73 Å². The second-order valence-corrected chi connectivity index (χ2v) is 8.47. The third-order valence-corrected chi connectivity index (χ3v) is 6.70. The molecule has 2 N–H and O–H groups in total. The molecular formula is C19H20ClN3OS2. The van der Waals surface area contributed by atoms with Crippen molar-refractivity contribution in [3.8, 4) is 0 Å². The molecule has 1 aliphatic heterocycles. The summed E-state index contributed by atoms with van der Waals surface area (Å²) in [6.45, 7) is 1.32. The summed E-state index contributed by atoms with van der Waals surface area (Å²) >= 11 is 3.15. The summed E-state index contributed by atoms with van der Waals surface area (Å²) in [7, 11) is 0. The predicted molar refractivity (Wildman–Crippen MR) is 111 cm³/mol. The number of hydrogen-bond donors (Lipinski definition) is 1. The molecule has 0 radical (unpaired) electrons. The van der Waals surface area contributed by atoms with Crippen LogP contribution in [-0.4, -0.2) is 40.7 Å². The Hall–Kier alpha value is -1.60. The Bertz CT molecular complexity index is 854. The van der Waals surface area contributed by atoms with Crippen LogP contribution in [0.25, 0.3) is 10.2 Å². The van der Waals surface area contributed by atoms with E-state index in [1.54, 1.807) is 11.3 Å². The van der Waals surface area contributed by atoms with E-state index in [0.717, 1.165) is 14.6 Å². The quantitative estimate of drug-likeness (QED) is 0.671. The SMILES string of the molecule is Cl.N[C@@H]1CN(C(=O)CSc2nc3ccccc3s2)C[C@H]1c1ccccc1. The molecule has 7 heteroatoms. The number of nitrogens with two attached hydrogens (primary N) is 1. The highest BCUT2D eigenvalue weighted by Gasteiger charge is 2.33. The van der Waals surface area contributed by atoms with E-state index in [2.05, 4.69) is 23.2 Å². The number of nitrogens with zero attached hydrogens (tertiary/aromatic N) is 2. The van der Waals surface area contributed by atoms with E-state index in [1.807, 2.05) is 41.3 Å². The molecule has 26 heavy (non-hydrogen) atoms. The van der Waals surface area contributed by atoms with Gasteiger partial charge in [-0.15, -0.1) is 23.7 Å². The number of thiazole rings is 1. The summed E-state index contributed by atoms with van der Waals surface area (Å²) in [5.74, 6) is 0.768. The van der Waals surface area contributed by atoms with Crippen LogP contribution in [0.5, 0.6) is 0 Å². The van der Waals surface area contributed by atoms with Gasteiger partial charge in [0.05, 0.1) is 16.0 Å². The lowest BCUT2D eigenvalue weighted by Gasteiger charge is -2.16. The fraction of sp³-hybridized carbons (Fsp3) is 0.263. The van der Waals surface area contributed by atoms with Gasteiger partial charge in [-0.05, 0) is 17.7 Å². The maximum Gasteiger partial charge on any atom is 0.233 e. The van der Waals surface area contributed by atoms with E-state index >= 15 is 0 Å². The molecular weight excluding hydrogens is 386 g/mol. The molecule has 0 bridgehead atoms. The normalized spacial score (nSPS) is 19.5. The standard InChI is InChI=1S/C19H19N3OS2.ClH/c20-15-11-22(10-14(15)13-6-2-1-3-7-13)18(23)12-24-19-21-16-8-4-5-9-17(16)25-19;/h1-9,14-15H,10-12,20H2;1H/t14-,15+;/m0./s1. The Labute approximate surface area is 167 Å². The van der Waals surface area contributed by atoms with Gasteiger partial charge in [0.2, 0.25) is 5.91 Å². The zero-order chi connectivity index (χ0) is 17.2. The van der Waals surface area contributed by atoms with Crippen molar-refractivity contribution in [2.75, 3.05) is 18.8 Å². The first kappa shape index (κ1) is 19.2. The van der Waals surface area contributed by atoms with E-state index in [9.17, 15) is 4.79 Å². The monoisotopic (exact) mass is 405 g/mol. The van der Waals surface area contributed by atoms with E-state index in [-0.39, 0.29) is 30.3 Å². The number of carbonyl (C=O) groups excluding carboxylic acids is 1. The van der Waals surface area contributed by atoms with Gasteiger partial charge in [0.1, 0.15) is 0 Å². The van der Waals surface area contributed by atoms with Crippen LogP contribution in [0.3, 0.4) is 0 Å². The van der Waals surface area contributed by atoms with E-state index in [0.29, 0.717) is 18.8 Å². The van der Waals surface area contributed by atoms with Crippen LogP contribution in [0.1, 0.15) is 11.5 Å². The highest BCUT2D eigenvalue weighted by Crippen LogP contribution is 2.31. The number of carbonyl (C=O) groups is 1. The molecule has 1 aliphatic rings. The molecule has 2 atom stereocenters. The van der Waals surface area contributed by atoms with Crippen LogP contribution in [0.15, 0.2) is 58.9 Å². The molecule has 3 aromatic rings. The second kappa shape index (κ2) is 8.39. The Balaban J connectivity index is 0.00000196. The molecule has 2 heterocycles. The molecule has 4 rings (SSSR count). The summed E-state index contributed by atoms with van der Waals surface area (Å²) < 4.78 is 2.10. The van der Waals surface area contributed by atoms with Gasteiger partial charge < -0.3 is 10.6 Å². The zero-order valence-electron chi connectivity index (χ0n) is 14.1. The highest BCUT2D eigenvalue weighted by atomic mass is 35.5. The molecule has 1 fully saturated rings. The van der Waals surface area contributed by atoms with Crippen molar-refractivity contribution < 1.29 is 4.79 Å². The van der Waals surface area contributed by atoms with Crippen molar-refractivity contribution in [2.45, 2.75) is 16.3 Å². The topological polar surface area (TPSA) is 59.2 Å². The zero-order valence-corrected chi connectivity index (χ0v) is 16.5. The third kappa shape index (κ3) is 4.04. The van der Waals surface area contributed by atoms with Crippen molar-refractivity contribution in [3.63, 3.8) is 0 Å². The first-order valence-corrected chi connectivity index (χ1v) is 10.1.